The van der Waals surface area contributed by atoms with E-state index in [0.29, 0.717) is 6.42 Å². The van der Waals surface area contributed by atoms with E-state index < -0.39 is 0 Å². The third kappa shape index (κ3) is 4.67. The molecule has 21 heavy (non-hydrogen) atoms. The van der Waals surface area contributed by atoms with Gasteiger partial charge in [-0.05, 0) is 32.9 Å². The Morgan fingerprint density at radius 1 is 1.19 bits per heavy atom. The monoisotopic (exact) mass is 292 g/mol. The van der Waals surface area contributed by atoms with E-state index in [1.54, 1.807) is 0 Å². The van der Waals surface area contributed by atoms with Gasteiger partial charge in [-0.25, -0.2) is 9.97 Å². The van der Waals surface area contributed by atoms with E-state index in [-0.39, 0.29) is 5.97 Å². The first kappa shape index (κ1) is 15.7. The van der Waals surface area contributed by atoms with Crippen LogP contribution in [0.1, 0.15) is 24.2 Å². The summed E-state index contributed by atoms with van der Waals surface area (Å²) in [5, 5.41) is 0. The molecule has 1 aliphatic heterocycles. The number of aromatic nitrogens is 2. The van der Waals surface area contributed by atoms with E-state index in [2.05, 4.69) is 24.5 Å². The van der Waals surface area contributed by atoms with Crippen molar-refractivity contribution in [3.8, 4) is 0 Å². The van der Waals surface area contributed by atoms with E-state index in [1.807, 2.05) is 19.9 Å². The average Bonchev–Trinajstić information content (AvgIpc) is 2.46. The number of piperazine rings is 1. The summed E-state index contributed by atoms with van der Waals surface area (Å²) in [5.41, 5.74) is 2.02. The van der Waals surface area contributed by atoms with Crippen LogP contribution in [0.2, 0.25) is 0 Å². The van der Waals surface area contributed by atoms with Gasteiger partial charge in [0.1, 0.15) is 0 Å². The molecule has 0 aliphatic carbocycles. The number of hydrogen-bond acceptors (Lipinski definition) is 6. The molecular weight excluding hydrogens is 268 g/mol. The first-order chi connectivity index (χ1) is 10.1. The minimum atomic E-state index is -0.128. The number of esters is 1. The molecule has 6 heteroatoms. The summed E-state index contributed by atoms with van der Waals surface area (Å²) in [5.74, 6) is 0.707. The first-order valence-electron chi connectivity index (χ1n) is 7.45. The van der Waals surface area contributed by atoms with Crippen LogP contribution in [-0.4, -0.2) is 60.7 Å². The summed E-state index contributed by atoms with van der Waals surface area (Å²) < 4.78 is 4.65. The molecule has 1 fully saturated rings. The number of methoxy groups -OCH3 is 1. The second kappa shape index (κ2) is 7.36. The van der Waals surface area contributed by atoms with Crippen molar-refractivity contribution >= 4 is 11.9 Å². The van der Waals surface area contributed by atoms with E-state index in [1.165, 1.54) is 7.11 Å². The molecule has 6 nitrogen and oxygen atoms in total. The Balaban J connectivity index is 1.79. The van der Waals surface area contributed by atoms with Crippen LogP contribution in [0, 0.1) is 13.8 Å². The Labute approximate surface area is 126 Å². The Kier molecular flexibility index (Phi) is 5.50. The fourth-order valence-electron chi connectivity index (χ4n) is 2.57. The van der Waals surface area contributed by atoms with E-state index >= 15 is 0 Å². The van der Waals surface area contributed by atoms with Gasteiger partial charge in [0.15, 0.2) is 0 Å². The molecule has 2 heterocycles. The highest BCUT2D eigenvalue weighted by Gasteiger charge is 2.19. The maximum absolute atomic E-state index is 11.1. The molecule has 2 rings (SSSR count). The summed E-state index contributed by atoms with van der Waals surface area (Å²) in [6, 6.07) is 1.99. The molecule has 0 atom stereocenters. The molecule has 0 bridgehead atoms. The van der Waals surface area contributed by atoms with Crippen LogP contribution in [0.5, 0.6) is 0 Å². The largest absolute Gasteiger partial charge is 0.469 e. The van der Waals surface area contributed by atoms with Gasteiger partial charge >= 0.3 is 5.97 Å². The number of hydrogen-bond donors (Lipinski definition) is 0. The zero-order valence-corrected chi connectivity index (χ0v) is 13.1. The van der Waals surface area contributed by atoms with Gasteiger partial charge in [0.2, 0.25) is 5.95 Å². The molecule has 0 radical (unpaired) electrons. The van der Waals surface area contributed by atoms with Crippen molar-refractivity contribution in [2.75, 3.05) is 44.7 Å². The third-order valence-electron chi connectivity index (χ3n) is 3.71. The van der Waals surface area contributed by atoms with Crippen LogP contribution in [-0.2, 0) is 9.53 Å². The molecule has 0 saturated carbocycles. The van der Waals surface area contributed by atoms with Crippen LogP contribution >= 0.6 is 0 Å². The van der Waals surface area contributed by atoms with Gasteiger partial charge in [0, 0.05) is 44.0 Å². The van der Waals surface area contributed by atoms with Crippen molar-refractivity contribution in [2.45, 2.75) is 26.7 Å². The molecule has 1 aromatic heterocycles. The molecule has 1 aliphatic rings. The Bertz CT molecular complexity index is 464. The van der Waals surface area contributed by atoms with Crippen LogP contribution in [0.3, 0.4) is 0 Å². The summed E-state index contributed by atoms with van der Waals surface area (Å²) in [4.78, 5) is 24.7. The number of nitrogens with zero attached hydrogens (tertiary/aromatic N) is 4. The molecule has 0 unspecified atom stereocenters. The van der Waals surface area contributed by atoms with Gasteiger partial charge in [-0.2, -0.15) is 0 Å². The van der Waals surface area contributed by atoms with Gasteiger partial charge in [-0.1, -0.05) is 0 Å². The van der Waals surface area contributed by atoms with Gasteiger partial charge in [0.05, 0.1) is 7.11 Å². The molecule has 1 saturated heterocycles. The van der Waals surface area contributed by atoms with Crippen molar-refractivity contribution in [3.05, 3.63) is 17.5 Å². The summed E-state index contributed by atoms with van der Waals surface area (Å²) in [6.45, 7) is 8.77. The van der Waals surface area contributed by atoms with Crippen LogP contribution in [0.25, 0.3) is 0 Å². The molecular formula is C15H24N4O2. The van der Waals surface area contributed by atoms with Gasteiger partial charge < -0.3 is 9.64 Å². The maximum atomic E-state index is 11.1. The lowest BCUT2D eigenvalue weighted by molar-refractivity contribution is -0.140. The highest BCUT2D eigenvalue weighted by atomic mass is 16.5. The SMILES string of the molecule is COC(=O)CCCN1CCN(c2nc(C)cc(C)n2)CC1. The normalized spacial score (nSPS) is 16.0. The average molecular weight is 292 g/mol. The summed E-state index contributed by atoms with van der Waals surface area (Å²) in [6.07, 6.45) is 1.35. The second-order valence-electron chi connectivity index (χ2n) is 5.46. The number of aryl methyl sites for hydroxylation is 2. The predicted octanol–water partition coefficient (Wildman–Crippen LogP) is 1.17. The quantitative estimate of drug-likeness (QED) is 0.759. The fourth-order valence-corrected chi connectivity index (χ4v) is 2.57. The minimum absolute atomic E-state index is 0.128. The fraction of sp³-hybridized carbons (Fsp3) is 0.667. The lowest BCUT2D eigenvalue weighted by Crippen LogP contribution is -2.47. The maximum Gasteiger partial charge on any atom is 0.305 e. The summed E-state index contributed by atoms with van der Waals surface area (Å²) >= 11 is 0. The number of carbonyl (C=O) groups is 1. The zero-order chi connectivity index (χ0) is 15.2. The van der Waals surface area contributed by atoms with Crippen molar-refractivity contribution in [3.63, 3.8) is 0 Å². The molecule has 0 amide bonds. The van der Waals surface area contributed by atoms with Crippen LogP contribution in [0.15, 0.2) is 6.07 Å². The lowest BCUT2D eigenvalue weighted by Gasteiger charge is -2.34. The van der Waals surface area contributed by atoms with Crippen molar-refractivity contribution in [1.29, 1.82) is 0 Å². The smallest absolute Gasteiger partial charge is 0.305 e. The minimum Gasteiger partial charge on any atom is -0.469 e. The zero-order valence-electron chi connectivity index (χ0n) is 13.1. The topological polar surface area (TPSA) is 58.6 Å². The van der Waals surface area contributed by atoms with Crippen molar-refractivity contribution in [1.82, 2.24) is 14.9 Å². The number of anilines is 1. The summed E-state index contributed by atoms with van der Waals surface area (Å²) in [7, 11) is 1.44. The van der Waals surface area contributed by atoms with Crippen LogP contribution in [0.4, 0.5) is 5.95 Å². The first-order valence-corrected chi connectivity index (χ1v) is 7.45. The molecule has 1 aromatic rings. The van der Waals surface area contributed by atoms with Gasteiger partial charge in [0.25, 0.3) is 0 Å². The second-order valence-corrected chi connectivity index (χ2v) is 5.46. The Morgan fingerprint density at radius 3 is 2.38 bits per heavy atom. The van der Waals surface area contributed by atoms with Crippen molar-refractivity contribution < 1.29 is 9.53 Å². The highest BCUT2D eigenvalue weighted by molar-refractivity contribution is 5.69. The number of ether oxygens (including phenoxy) is 1. The molecule has 116 valence electrons. The van der Waals surface area contributed by atoms with E-state index in [9.17, 15) is 4.79 Å². The third-order valence-corrected chi connectivity index (χ3v) is 3.71. The molecule has 0 spiro atoms. The van der Waals surface area contributed by atoms with Gasteiger partial charge in [-0.3, -0.25) is 9.69 Å². The van der Waals surface area contributed by atoms with Crippen LogP contribution < -0.4 is 4.90 Å². The molecule has 0 aromatic carbocycles. The molecule has 0 N–H and O–H groups in total. The van der Waals surface area contributed by atoms with E-state index in [4.69, 9.17) is 0 Å². The Hall–Kier alpha value is -1.69. The van der Waals surface area contributed by atoms with E-state index in [0.717, 1.165) is 56.5 Å². The Morgan fingerprint density at radius 2 is 1.81 bits per heavy atom. The predicted molar refractivity (Wildman–Crippen MR) is 81.4 cm³/mol. The lowest BCUT2D eigenvalue weighted by atomic mass is 10.2. The number of carbonyl (C=O) groups excluding carboxylic acids is 1. The highest BCUT2D eigenvalue weighted by Crippen LogP contribution is 2.13. The number of rotatable bonds is 5. The van der Waals surface area contributed by atoms with Crippen molar-refractivity contribution in [2.24, 2.45) is 0 Å². The standard InChI is InChI=1S/C15H24N4O2/c1-12-11-13(2)17-15(16-12)19-9-7-18(8-10-19)6-4-5-14(20)21-3/h11H,4-10H2,1-3H3. The van der Waals surface area contributed by atoms with Gasteiger partial charge in [-0.15, -0.1) is 0 Å².